The maximum atomic E-state index is 10.9. The minimum Gasteiger partial charge on any atom is -0.477 e. The van der Waals surface area contributed by atoms with Gasteiger partial charge in [-0.1, -0.05) is 6.07 Å². The maximum Gasteiger partial charge on any atom is 0.354 e. The fourth-order valence-electron chi connectivity index (χ4n) is 1.82. The lowest BCUT2D eigenvalue weighted by molar-refractivity contribution is 0.0102. The molecule has 0 spiro atoms. The van der Waals surface area contributed by atoms with E-state index in [-0.39, 0.29) is 18.4 Å². The van der Waals surface area contributed by atoms with Crippen LogP contribution < -0.4 is 0 Å². The molecule has 5 nitrogen and oxygen atoms in total. The number of carboxylic acid groups (broad SMARTS) is 1. The fourth-order valence-corrected chi connectivity index (χ4v) is 1.82. The summed E-state index contributed by atoms with van der Waals surface area (Å²) in [4.78, 5) is 14.7. The Morgan fingerprint density at radius 3 is 3.24 bits per heavy atom. The molecule has 1 aromatic rings. The highest BCUT2D eigenvalue weighted by atomic mass is 16.5. The number of carboxylic acids is 1. The highest BCUT2D eigenvalue weighted by Crippen LogP contribution is 2.13. The van der Waals surface area contributed by atoms with Crippen LogP contribution in [0, 0.1) is 0 Å². The predicted molar refractivity (Wildman–Crippen MR) is 59.8 cm³/mol. The van der Waals surface area contributed by atoms with Crippen LogP contribution in [0.3, 0.4) is 0 Å². The van der Waals surface area contributed by atoms with Gasteiger partial charge in [0.05, 0.1) is 19.3 Å². The molecule has 1 atom stereocenters. The first-order valence-electron chi connectivity index (χ1n) is 5.64. The zero-order valence-corrected chi connectivity index (χ0v) is 9.46. The van der Waals surface area contributed by atoms with Crippen LogP contribution in [-0.4, -0.2) is 35.4 Å². The summed E-state index contributed by atoms with van der Waals surface area (Å²) >= 11 is 0. The SMILES string of the molecule is O=C(O)c1ncccc1COCC1CCCO1. The Morgan fingerprint density at radius 1 is 1.65 bits per heavy atom. The van der Waals surface area contributed by atoms with Crippen molar-refractivity contribution in [2.45, 2.75) is 25.6 Å². The molecule has 1 N–H and O–H groups in total. The molecule has 1 fully saturated rings. The third-order valence-corrected chi connectivity index (χ3v) is 2.68. The fraction of sp³-hybridized carbons (Fsp3) is 0.500. The van der Waals surface area contributed by atoms with Gasteiger partial charge in [-0.2, -0.15) is 0 Å². The van der Waals surface area contributed by atoms with Gasteiger partial charge < -0.3 is 14.6 Å². The number of hydrogen-bond donors (Lipinski definition) is 1. The molecule has 0 aliphatic carbocycles. The number of carbonyl (C=O) groups is 1. The molecule has 1 aromatic heterocycles. The third-order valence-electron chi connectivity index (χ3n) is 2.68. The van der Waals surface area contributed by atoms with Gasteiger partial charge in [0, 0.05) is 18.4 Å². The second-order valence-electron chi connectivity index (χ2n) is 3.97. The Hall–Kier alpha value is -1.46. The van der Waals surface area contributed by atoms with Crippen molar-refractivity contribution < 1.29 is 19.4 Å². The predicted octanol–water partition coefficient (Wildman–Crippen LogP) is 1.48. The molecule has 2 heterocycles. The molecule has 0 radical (unpaired) electrons. The first-order chi connectivity index (χ1) is 8.27. The first-order valence-corrected chi connectivity index (χ1v) is 5.64. The van der Waals surface area contributed by atoms with E-state index in [0.29, 0.717) is 12.2 Å². The second kappa shape index (κ2) is 5.75. The van der Waals surface area contributed by atoms with Crippen molar-refractivity contribution in [1.82, 2.24) is 4.98 Å². The van der Waals surface area contributed by atoms with E-state index >= 15 is 0 Å². The van der Waals surface area contributed by atoms with Crippen LogP contribution >= 0.6 is 0 Å². The summed E-state index contributed by atoms with van der Waals surface area (Å²) < 4.78 is 10.9. The van der Waals surface area contributed by atoms with Gasteiger partial charge in [0.15, 0.2) is 5.69 Å². The van der Waals surface area contributed by atoms with Crippen LogP contribution in [0.15, 0.2) is 18.3 Å². The molecule has 1 saturated heterocycles. The van der Waals surface area contributed by atoms with Crippen LogP contribution in [0.4, 0.5) is 0 Å². The van der Waals surface area contributed by atoms with Crippen LogP contribution in [0.5, 0.6) is 0 Å². The minimum absolute atomic E-state index is 0.0554. The molecule has 1 aliphatic rings. The number of rotatable bonds is 5. The van der Waals surface area contributed by atoms with Gasteiger partial charge >= 0.3 is 5.97 Å². The van der Waals surface area contributed by atoms with E-state index in [9.17, 15) is 4.79 Å². The Bertz CT molecular complexity index is 388. The number of ether oxygens (including phenoxy) is 2. The van der Waals surface area contributed by atoms with Crippen molar-refractivity contribution >= 4 is 5.97 Å². The molecule has 0 aromatic carbocycles. The number of nitrogens with zero attached hydrogens (tertiary/aromatic N) is 1. The molecular formula is C12H15NO4. The van der Waals surface area contributed by atoms with E-state index in [1.54, 1.807) is 12.1 Å². The highest BCUT2D eigenvalue weighted by molar-refractivity contribution is 5.86. The van der Waals surface area contributed by atoms with Gasteiger partial charge in [0.2, 0.25) is 0 Å². The average molecular weight is 237 g/mol. The van der Waals surface area contributed by atoms with Gasteiger partial charge in [-0.15, -0.1) is 0 Å². The van der Waals surface area contributed by atoms with Gasteiger partial charge in [-0.25, -0.2) is 9.78 Å². The normalized spacial score (nSPS) is 19.4. The number of pyridine rings is 1. The van der Waals surface area contributed by atoms with E-state index in [1.165, 1.54) is 6.20 Å². The summed E-state index contributed by atoms with van der Waals surface area (Å²) in [6.07, 6.45) is 3.70. The van der Waals surface area contributed by atoms with Gasteiger partial charge in [0.25, 0.3) is 0 Å². The zero-order chi connectivity index (χ0) is 12.1. The third kappa shape index (κ3) is 3.25. The van der Waals surface area contributed by atoms with Crippen molar-refractivity contribution in [3.8, 4) is 0 Å². The molecule has 0 amide bonds. The molecule has 17 heavy (non-hydrogen) atoms. The van der Waals surface area contributed by atoms with Crippen molar-refractivity contribution in [2.75, 3.05) is 13.2 Å². The number of aromatic nitrogens is 1. The molecule has 1 aliphatic heterocycles. The van der Waals surface area contributed by atoms with E-state index in [0.717, 1.165) is 19.4 Å². The topological polar surface area (TPSA) is 68.7 Å². The molecule has 2 rings (SSSR count). The van der Waals surface area contributed by atoms with Crippen molar-refractivity contribution in [2.24, 2.45) is 0 Å². The first kappa shape index (κ1) is 12.0. The lowest BCUT2D eigenvalue weighted by Gasteiger charge is -2.10. The Labute approximate surface area is 99.4 Å². The average Bonchev–Trinajstić information content (AvgIpc) is 2.82. The molecule has 0 bridgehead atoms. The maximum absolute atomic E-state index is 10.9. The summed E-state index contributed by atoms with van der Waals surface area (Å²) in [5.41, 5.74) is 0.651. The van der Waals surface area contributed by atoms with E-state index in [4.69, 9.17) is 14.6 Å². The van der Waals surface area contributed by atoms with Gasteiger partial charge in [-0.3, -0.25) is 0 Å². The molecule has 5 heteroatoms. The molecule has 92 valence electrons. The summed E-state index contributed by atoms with van der Waals surface area (Å²) in [6, 6.07) is 3.42. The standard InChI is InChI=1S/C12H15NO4/c14-12(15)11-9(3-1-5-13-11)7-16-8-10-4-2-6-17-10/h1,3,5,10H,2,4,6-8H2,(H,14,15). The van der Waals surface area contributed by atoms with E-state index in [2.05, 4.69) is 4.98 Å². The van der Waals surface area contributed by atoms with Crippen LogP contribution in [-0.2, 0) is 16.1 Å². The summed E-state index contributed by atoms with van der Waals surface area (Å²) in [7, 11) is 0. The number of aromatic carboxylic acids is 1. The molecule has 1 unspecified atom stereocenters. The van der Waals surface area contributed by atoms with Crippen molar-refractivity contribution in [3.63, 3.8) is 0 Å². The zero-order valence-electron chi connectivity index (χ0n) is 9.46. The second-order valence-corrected chi connectivity index (χ2v) is 3.97. The van der Waals surface area contributed by atoms with Gasteiger partial charge in [0.1, 0.15) is 0 Å². The van der Waals surface area contributed by atoms with Crippen LogP contribution in [0.25, 0.3) is 0 Å². The Balaban J connectivity index is 1.87. The lowest BCUT2D eigenvalue weighted by atomic mass is 10.2. The van der Waals surface area contributed by atoms with E-state index in [1.807, 2.05) is 0 Å². The number of hydrogen-bond acceptors (Lipinski definition) is 4. The molecular weight excluding hydrogens is 222 g/mol. The van der Waals surface area contributed by atoms with Gasteiger partial charge in [-0.05, 0) is 18.9 Å². The largest absolute Gasteiger partial charge is 0.477 e. The monoisotopic (exact) mass is 237 g/mol. The summed E-state index contributed by atoms with van der Waals surface area (Å²) in [5.74, 6) is -1.03. The van der Waals surface area contributed by atoms with Crippen molar-refractivity contribution in [1.29, 1.82) is 0 Å². The lowest BCUT2D eigenvalue weighted by Crippen LogP contribution is -2.15. The van der Waals surface area contributed by atoms with Crippen LogP contribution in [0.2, 0.25) is 0 Å². The summed E-state index contributed by atoms with van der Waals surface area (Å²) in [6.45, 7) is 1.56. The van der Waals surface area contributed by atoms with E-state index < -0.39 is 5.97 Å². The minimum atomic E-state index is -1.03. The highest BCUT2D eigenvalue weighted by Gasteiger charge is 2.16. The van der Waals surface area contributed by atoms with Crippen LogP contribution in [0.1, 0.15) is 28.9 Å². The van der Waals surface area contributed by atoms with Crippen molar-refractivity contribution in [3.05, 3.63) is 29.6 Å². The molecule has 0 saturated carbocycles. The smallest absolute Gasteiger partial charge is 0.354 e. The summed E-state index contributed by atoms with van der Waals surface area (Å²) in [5, 5.41) is 8.93. The Kier molecular flexibility index (Phi) is 4.06. The quantitative estimate of drug-likeness (QED) is 0.840. The Morgan fingerprint density at radius 2 is 2.53 bits per heavy atom.